The highest BCUT2D eigenvalue weighted by Gasteiger charge is 2.23. The molecule has 0 heterocycles. The summed E-state index contributed by atoms with van der Waals surface area (Å²) in [6.45, 7) is -0.877. The number of aliphatic carboxylic acids is 1. The fraction of sp³-hybridized carbons (Fsp3) is 0.625. The molecule has 15 heavy (non-hydrogen) atoms. The number of rotatable bonds is 7. The number of hydrogen-bond donors (Lipinski definition) is 1. The van der Waals surface area contributed by atoms with E-state index in [-0.39, 0.29) is 18.9 Å². The normalized spacial score (nSPS) is 11.3. The second-order valence-electron chi connectivity index (χ2n) is 2.67. The molecule has 0 spiro atoms. The number of ether oxygens (including phenoxy) is 1. The molecule has 0 aromatic carbocycles. The van der Waals surface area contributed by atoms with Crippen molar-refractivity contribution in [1.82, 2.24) is 4.31 Å². The Bertz CT molecular complexity index is 343. The molecular weight excluding hydrogens is 222 g/mol. The lowest BCUT2D eigenvalue weighted by molar-refractivity contribution is -0.137. The summed E-state index contributed by atoms with van der Waals surface area (Å²) >= 11 is 0. The Morgan fingerprint density at radius 2 is 2.20 bits per heavy atom. The first-order valence-corrected chi connectivity index (χ1v) is 5.67. The first-order valence-electron chi connectivity index (χ1n) is 4.06. The molecule has 0 unspecified atom stereocenters. The van der Waals surface area contributed by atoms with Crippen LogP contribution in [0.4, 0.5) is 0 Å². The van der Waals surface area contributed by atoms with E-state index in [0.717, 1.165) is 4.31 Å². The fourth-order valence-electron chi connectivity index (χ4n) is 0.823. The Morgan fingerprint density at radius 3 is 2.60 bits per heavy atom. The average Bonchev–Trinajstić information content (AvgIpc) is 2.13. The Hall–Kier alpha value is -1.10. The molecule has 0 rings (SSSR count). The Kier molecular flexibility index (Phi) is 5.93. The van der Waals surface area contributed by atoms with Gasteiger partial charge in [0.1, 0.15) is 6.54 Å². The highest BCUT2D eigenvalue weighted by Crippen LogP contribution is 2.00. The number of terminal acetylenes is 1. The minimum absolute atomic E-state index is 0.00300. The second kappa shape index (κ2) is 6.40. The van der Waals surface area contributed by atoms with Crippen LogP contribution in [0.25, 0.3) is 0 Å². The van der Waals surface area contributed by atoms with Crippen LogP contribution in [0.15, 0.2) is 0 Å². The van der Waals surface area contributed by atoms with Crippen LogP contribution in [0, 0.1) is 12.3 Å². The van der Waals surface area contributed by atoms with Gasteiger partial charge in [-0.3, -0.25) is 4.79 Å². The van der Waals surface area contributed by atoms with Gasteiger partial charge in [0.2, 0.25) is 10.0 Å². The van der Waals surface area contributed by atoms with E-state index in [1.54, 1.807) is 0 Å². The fourth-order valence-corrected chi connectivity index (χ4v) is 2.04. The third kappa shape index (κ3) is 5.37. The third-order valence-corrected chi connectivity index (χ3v) is 3.25. The molecule has 0 aromatic rings. The van der Waals surface area contributed by atoms with E-state index in [1.807, 2.05) is 0 Å². The van der Waals surface area contributed by atoms with Gasteiger partial charge in [-0.2, -0.15) is 4.31 Å². The van der Waals surface area contributed by atoms with Gasteiger partial charge < -0.3 is 9.84 Å². The van der Waals surface area contributed by atoms with E-state index in [1.165, 1.54) is 7.11 Å². The zero-order valence-corrected chi connectivity index (χ0v) is 9.16. The van der Waals surface area contributed by atoms with Crippen molar-refractivity contribution < 1.29 is 23.1 Å². The molecule has 0 aliphatic heterocycles. The van der Waals surface area contributed by atoms with Crippen LogP contribution in [0.1, 0.15) is 0 Å². The number of nitrogens with zero attached hydrogens (tertiary/aromatic N) is 1. The zero-order valence-electron chi connectivity index (χ0n) is 8.34. The molecule has 0 aromatic heterocycles. The second-order valence-corrected chi connectivity index (χ2v) is 4.76. The van der Waals surface area contributed by atoms with Crippen molar-refractivity contribution in [2.24, 2.45) is 0 Å². The van der Waals surface area contributed by atoms with Crippen LogP contribution in [0.2, 0.25) is 0 Å². The van der Waals surface area contributed by atoms with Gasteiger partial charge in [-0.05, 0) is 0 Å². The van der Waals surface area contributed by atoms with Crippen LogP contribution in [-0.4, -0.2) is 56.4 Å². The van der Waals surface area contributed by atoms with Gasteiger partial charge in [-0.25, -0.2) is 8.42 Å². The molecule has 0 aliphatic rings. The van der Waals surface area contributed by atoms with E-state index in [2.05, 4.69) is 10.7 Å². The smallest absolute Gasteiger partial charge is 0.318 e. The van der Waals surface area contributed by atoms with Crippen molar-refractivity contribution in [2.75, 3.05) is 32.6 Å². The van der Waals surface area contributed by atoms with Crippen LogP contribution < -0.4 is 0 Å². The minimum Gasteiger partial charge on any atom is -0.480 e. The van der Waals surface area contributed by atoms with Crippen LogP contribution in [0.5, 0.6) is 0 Å². The summed E-state index contributed by atoms with van der Waals surface area (Å²) in [5.74, 6) is 0.575. The lowest BCUT2D eigenvalue weighted by Gasteiger charge is -2.17. The summed E-state index contributed by atoms with van der Waals surface area (Å²) in [4.78, 5) is 10.4. The number of sulfonamides is 1. The molecule has 0 aliphatic carbocycles. The Labute approximate surface area is 88.9 Å². The van der Waals surface area contributed by atoms with Gasteiger partial charge in [0.25, 0.3) is 0 Å². The van der Waals surface area contributed by atoms with Gasteiger partial charge in [0.15, 0.2) is 0 Å². The third-order valence-electron chi connectivity index (χ3n) is 1.52. The summed E-state index contributed by atoms with van der Waals surface area (Å²) in [6, 6.07) is 0. The quantitative estimate of drug-likeness (QED) is 0.571. The highest BCUT2D eigenvalue weighted by atomic mass is 32.2. The summed E-state index contributed by atoms with van der Waals surface area (Å²) in [5.41, 5.74) is 0. The monoisotopic (exact) mass is 235 g/mol. The van der Waals surface area contributed by atoms with Crippen molar-refractivity contribution in [3.63, 3.8) is 0 Å². The molecule has 0 fully saturated rings. The molecular formula is C8H13NO5S. The number of carboxylic acid groups (broad SMARTS) is 1. The Morgan fingerprint density at radius 1 is 1.60 bits per heavy atom. The van der Waals surface area contributed by atoms with Gasteiger partial charge in [-0.1, -0.05) is 5.92 Å². The van der Waals surface area contributed by atoms with Gasteiger partial charge >= 0.3 is 5.97 Å². The lowest BCUT2D eigenvalue weighted by atomic mass is 10.6. The molecule has 0 amide bonds. The molecule has 0 saturated heterocycles. The number of carbonyl (C=O) groups is 1. The van der Waals surface area contributed by atoms with E-state index in [4.69, 9.17) is 11.5 Å². The lowest BCUT2D eigenvalue weighted by Crippen LogP contribution is -2.38. The van der Waals surface area contributed by atoms with E-state index < -0.39 is 22.5 Å². The van der Waals surface area contributed by atoms with Crippen LogP contribution >= 0.6 is 0 Å². The first kappa shape index (κ1) is 13.9. The van der Waals surface area contributed by atoms with Crippen molar-refractivity contribution in [3.8, 4) is 12.3 Å². The maximum atomic E-state index is 11.5. The van der Waals surface area contributed by atoms with Crippen molar-refractivity contribution >= 4 is 16.0 Å². The maximum absolute atomic E-state index is 11.5. The van der Waals surface area contributed by atoms with Crippen molar-refractivity contribution in [2.45, 2.75) is 0 Å². The van der Waals surface area contributed by atoms with Gasteiger partial charge in [0.05, 0.1) is 18.9 Å². The maximum Gasteiger partial charge on any atom is 0.318 e. The predicted octanol–water partition coefficient (Wildman–Crippen LogP) is -1.02. The molecule has 1 N–H and O–H groups in total. The number of methoxy groups -OCH3 is 1. The Balaban J connectivity index is 4.60. The molecule has 6 nitrogen and oxygen atoms in total. The average molecular weight is 235 g/mol. The van der Waals surface area contributed by atoms with E-state index >= 15 is 0 Å². The van der Waals surface area contributed by atoms with E-state index in [0.29, 0.717) is 0 Å². The zero-order chi connectivity index (χ0) is 11.9. The number of hydrogen-bond acceptors (Lipinski definition) is 4. The molecule has 0 saturated carbocycles. The molecule has 86 valence electrons. The first-order chi connectivity index (χ1) is 6.94. The van der Waals surface area contributed by atoms with Gasteiger partial charge in [0, 0.05) is 7.11 Å². The van der Waals surface area contributed by atoms with Crippen molar-refractivity contribution in [1.29, 1.82) is 0 Å². The number of carboxylic acids is 1. The van der Waals surface area contributed by atoms with Gasteiger partial charge in [-0.15, -0.1) is 6.42 Å². The van der Waals surface area contributed by atoms with Crippen molar-refractivity contribution in [3.05, 3.63) is 0 Å². The molecule has 0 radical (unpaired) electrons. The standard InChI is InChI=1S/C8H13NO5S/c1-3-4-9(7-8(10)11)15(12,13)6-5-14-2/h1H,4-7H2,2H3,(H,10,11). The molecule has 7 heteroatoms. The largest absolute Gasteiger partial charge is 0.480 e. The summed E-state index contributed by atoms with van der Waals surface area (Å²) in [6.07, 6.45) is 4.95. The SMILES string of the molecule is C#CCN(CC(=O)O)S(=O)(=O)CCOC. The summed E-state index contributed by atoms with van der Waals surface area (Å²) in [5, 5.41) is 8.49. The molecule has 0 atom stereocenters. The topological polar surface area (TPSA) is 83.9 Å². The van der Waals surface area contributed by atoms with Crippen LogP contribution in [-0.2, 0) is 19.6 Å². The molecule has 0 bridgehead atoms. The summed E-state index contributed by atoms with van der Waals surface area (Å²) < 4.78 is 28.3. The minimum atomic E-state index is -3.66. The summed E-state index contributed by atoms with van der Waals surface area (Å²) in [7, 11) is -2.30. The predicted molar refractivity (Wildman–Crippen MR) is 53.7 cm³/mol. The van der Waals surface area contributed by atoms with Crippen LogP contribution in [0.3, 0.4) is 0 Å². The highest BCUT2D eigenvalue weighted by molar-refractivity contribution is 7.89. The van der Waals surface area contributed by atoms with E-state index in [9.17, 15) is 13.2 Å².